The van der Waals surface area contributed by atoms with E-state index in [1.54, 1.807) is 0 Å². The summed E-state index contributed by atoms with van der Waals surface area (Å²) in [6.45, 7) is 6.16. The van der Waals surface area contributed by atoms with Gasteiger partial charge in [0.05, 0.1) is 0 Å². The van der Waals surface area contributed by atoms with E-state index >= 15 is 0 Å². The lowest BCUT2D eigenvalue weighted by molar-refractivity contribution is 0.127. The first-order chi connectivity index (χ1) is 8.84. The smallest absolute Gasteiger partial charge is 0.0328 e. The molecule has 3 heteroatoms. The third kappa shape index (κ3) is 2.63. The van der Waals surface area contributed by atoms with Crippen LogP contribution in [0.1, 0.15) is 44.2 Å². The maximum atomic E-state index is 3.68. The Balaban J connectivity index is 1.53. The van der Waals surface area contributed by atoms with Gasteiger partial charge >= 0.3 is 0 Å². The van der Waals surface area contributed by atoms with Gasteiger partial charge in [0.1, 0.15) is 0 Å². The van der Waals surface area contributed by atoms with Gasteiger partial charge in [-0.3, -0.25) is 4.90 Å². The van der Waals surface area contributed by atoms with Crippen molar-refractivity contribution in [3.8, 4) is 0 Å². The molecule has 2 aliphatic rings. The van der Waals surface area contributed by atoms with E-state index in [0.717, 1.165) is 12.0 Å². The number of hydrogen-bond acceptors (Lipinski definition) is 3. The number of piperidine rings is 1. The number of hydrogen-bond donors (Lipinski definition) is 1. The lowest BCUT2D eigenvalue weighted by Gasteiger charge is -2.38. The van der Waals surface area contributed by atoms with Crippen molar-refractivity contribution >= 4 is 11.3 Å². The molecule has 0 aliphatic carbocycles. The summed E-state index contributed by atoms with van der Waals surface area (Å²) in [6, 6.07) is 3.71. The minimum absolute atomic E-state index is 0.605. The molecule has 0 radical (unpaired) electrons. The van der Waals surface area contributed by atoms with Crippen LogP contribution >= 0.6 is 11.3 Å². The SMILES string of the molecule is CC(c1ccsc1)N1CCC(C2CCCN2)CC1. The van der Waals surface area contributed by atoms with Gasteiger partial charge < -0.3 is 5.32 Å². The second-order valence-electron chi connectivity index (χ2n) is 5.81. The molecule has 0 spiro atoms. The van der Waals surface area contributed by atoms with Crippen LogP contribution in [0.5, 0.6) is 0 Å². The molecule has 1 aromatic rings. The van der Waals surface area contributed by atoms with Gasteiger partial charge in [0.25, 0.3) is 0 Å². The average Bonchev–Trinajstić information content (AvgIpc) is 3.11. The van der Waals surface area contributed by atoms with Crippen LogP contribution in [0.15, 0.2) is 16.8 Å². The predicted octanol–water partition coefficient (Wildman–Crippen LogP) is 3.27. The van der Waals surface area contributed by atoms with Crippen LogP contribution in [0.4, 0.5) is 0 Å². The lowest BCUT2D eigenvalue weighted by Crippen LogP contribution is -2.41. The maximum Gasteiger partial charge on any atom is 0.0328 e. The summed E-state index contributed by atoms with van der Waals surface area (Å²) in [6.07, 6.45) is 5.55. The summed E-state index contributed by atoms with van der Waals surface area (Å²) in [4.78, 5) is 2.66. The molecule has 2 saturated heterocycles. The van der Waals surface area contributed by atoms with E-state index in [-0.39, 0.29) is 0 Å². The molecule has 0 bridgehead atoms. The van der Waals surface area contributed by atoms with E-state index in [4.69, 9.17) is 0 Å². The van der Waals surface area contributed by atoms with E-state index in [1.807, 2.05) is 11.3 Å². The molecule has 0 saturated carbocycles. The van der Waals surface area contributed by atoms with Crippen LogP contribution in [-0.4, -0.2) is 30.6 Å². The van der Waals surface area contributed by atoms with Gasteiger partial charge in [0.15, 0.2) is 0 Å². The van der Waals surface area contributed by atoms with E-state index in [2.05, 4.69) is 34.0 Å². The van der Waals surface area contributed by atoms with Crippen LogP contribution < -0.4 is 5.32 Å². The number of likely N-dealkylation sites (tertiary alicyclic amines) is 1. The quantitative estimate of drug-likeness (QED) is 0.901. The first-order valence-corrected chi connectivity index (χ1v) is 8.28. The molecule has 2 atom stereocenters. The number of nitrogens with one attached hydrogen (secondary N) is 1. The first-order valence-electron chi connectivity index (χ1n) is 7.34. The molecule has 2 nitrogen and oxygen atoms in total. The Labute approximate surface area is 114 Å². The highest BCUT2D eigenvalue weighted by atomic mass is 32.1. The van der Waals surface area contributed by atoms with Crippen molar-refractivity contribution < 1.29 is 0 Å². The maximum absolute atomic E-state index is 3.68. The molecule has 2 aliphatic heterocycles. The second kappa shape index (κ2) is 5.72. The molecule has 18 heavy (non-hydrogen) atoms. The summed E-state index contributed by atoms with van der Waals surface area (Å²) in [5.41, 5.74) is 1.50. The summed E-state index contributed by atoms with van der Waals surface area (Å²) in [7, 11) is 0. The van der Waals surface area contributed by atoms with Crippen molar-refractivity contribution in [2.24, 2.45) is 5.92 Å². The molecular weight excluding hydrogens is 240 g/mol. The number of rotatable bonds is 3. The monoisotopic (exact) mass is 264 g/mol. The van der Waals surface area contributed by atoms with Crippen molar-refractivity contribution in [3.05, 3.63) is 22.4 Å². The zero-order valence-electron chi connectivity index (χ0n) is 11.3. The highest BCUT2D eigenvalue weighted by Gasteiger charge is 2.29. The fourth-order valence-electron chi connectivity index (χ4n) is 3.55. The minimum atomic E-state index is 0.605. The normalized spacial score (nSPS) is 28.6. The zero-order chi connectivity index (χ0) is 12.4. The highest BCUT2D eigenvalue weighted by molar-refractivity contribution is 7.07. The number of thiophene rings is 1. The molecule has 2 unspecified atom stereocenters. The Kier molecular flexibility index (Phi) is 4.02. The summed E-state index contributed by atoms with van der Waals surface area (Å²) in [5, 5.41) is 8.18. The molecule has 2 fully saturated rings. The number of nitrogens with zero attached hydrogens (tertiary/aromatic N) is 1. The Bertz CT molecular complexity index is 349. The molecule has 0 amide bonds. The van der Waals surface area contributed by atoms with Crippen molar-refractivity contribution in [1.82, 2.24) is 10.2 Å². The van der Waals surface area contributed by atoms with Gasteiger partial charge in [-0.25, -0.2) is 0 Å². The second-order valence-corrected chi connectivity index (χ2v) is 6.59. The first kappa shape index (κ1) is 12.6. The Hall–Kier alpha value is -0.380. The Morgan fingerprint density at radius 3 is 2.78 bits per heavy atom. The molecule has 3 rings (SSSR count). The van der Waals surface area contributed by atoms with Crippen molar-refractivity contribution in [1.29, 1.82) is 0 Å². The summed E-state index contributed by atoms with van der Waals surface area (Å²) >= 11 is 1.82. The molecule has 1 aromatic heterocycles. The lowest BCUT2D eigenvalue weighted by atomic mass is 9.88. The zero-order valence-corrected chi connectivity index (χ0v) is 12.1. The van der Waals surface area contributed by atoms with Crippen LogP contribution in [0.3, 0.4) is 0 Å². The largest absolute Gasteiger partial charge is 0.314 e. The topological polar surface area (TPSA) is 15.3 Å². The Morgan fingerprint density at radius 2 is 2.17 bits per heavy atom. The van der Waals surface area contributed by atoms with Crippen LogP contribution in [-0.2, 0) is 0 Å². The fraction of sp³-hybridized carbons (Fsp3) is 0.733. The third-order valence-corrected chi connectivity index (χ3v) is 5.52. The molecule has 0 aromatic carbocycles. The fourth-order valence-corrected chi connectivity index (χ4v) is 4.29. The van der Waals surface area contributed by atoms with Gasteiger partial charge in [0, 0.05) is 12.1 Å². The van der Waals surface area contributed by atoms with Gasteiger partial charge in [-0.15, -0.1) is 0 Å². The van der Waals surface area contributed by atoms with Crippen molar-refractivity contribution in [2.75, 3.05) is 19.6 Å². The van der Waals surface area contributed by atoms with Gasteiger partial charge in [-0.05, 0) is 80.5 Å². The van der Waals surface area contributed by atoms with E-state index < -0.39 is 0 Å². The predicted molar refractivity (Wildman–Crippen MR) is 78.1 cm³/mol. The molecule has 100 valence electrons. The van der Waals surface area contributed by atoms with E-state index in [0.29, 0.717) is 6.04 Å². The summed E-state index contributed by atoms with van der Waals surface area (Å²) < 4.78 is 0. The Morgan fingerprint density at radius 1 is 1.33 bits per heavy atom. The summed E-state index contributed by atoms with van der Waals surface area (Å²) in [5.74, 6) is 0.929. The highest BCUT2D eigenvalue weighted by Crippen LogP contribution is 2.30. The van der Waals surface area contributed by atoms with Crippen LogP contribution in [0.2, 0.25) is 0 Å². The molecular formula is C15H24N2S. The third-order valence-electron chi connectivity index (χ3n) is 4.81. The van der Waals surface area contributed by atoms with Crippen molar-refractivity contribution in [2.45, 2.75) is 44.7 Å². The van der Waals surface area contributed by atoms with E-state index in [1.165, 1.54) is 50.9 Å². The standard InChI is InChI=1S/C15H24N2S/c1-12(14-6-10-18-11-14)17-8-4-13(5-9-17)15-3-2-7-16-15/h6,10-13,15-16H,2-5,7-9H2,1H3. The van der Waals surface area contributed by atoms with Gasteiger partial charge in [0.2, 0.25) is 0 Å². The van der Waals surface area contributed by atoms with Gasteiger partial charge in [-0.1, -0.05) is 0 Å². The average molecular weight is 264 g/mol. The van der Waals surface area contributed by atoms with Crippen LogP contribution in [0.25, 0.3) is 0 Å². The molecule has 3 heterocycles. The minimum Gasteiger partial charge on any atom is -0.314 e. The van der Waals surface area contributed by atoms with E-state index in [9.17, 15) is 0 Å². The molecule has 1 N–H and O–H groups in total. The van der Waals surface area contributed by atoms with Crippen molar-refractivity contribution in [3.63, 3.8) is 0 Å². The van der Waals surface area contributed by atoms with Gasteiger partial charge in [-0.2, -0.15) is 11.3 Å². The van der Waals surface area contributed by atoms with Crippen LogP contribution in [0, 0.1) is 5.92 Å².